The normalized spacial score (nSPS) is 32.2. The van der Waals surface area contributed by atoms with Crippen molar-refractivity contribution in [1.29, 1.82) is 0 Å². The van der Waals surface area contributed by atoms with Crippen LogP contribution in [0.2, 0.25) is 0 Å². The third-order valence-corrected chi connectivity index (χ3v) is 4.37. The maximum Gasteiger partial charge on any atom is 0.0314 e. The molecule has 0 amide bonds. The molecule has 0 spiro atoms. The molecule has 13 heavy (non-hydrogen) atoms. The SMILES string of the molecule is CNC(C)/C(C)=C/C1(C)CCCS1. The van der Waals surface area contributed by atoms with Gasteiger partial charge in [-0.2, -0.15) is 11.8 Å². The van der Waals surface area contributed by atoms with Gasteiger partial charge in [-0.25, -0.2) is 0 Å². The van der Waals surface area contributed by atoms with Crippen LogP contribution in [0.5, 0.6) is 0 Å². The second kappa shape index (κ2) is 4.52. The van der Waals surface area contributed by atoms with Crippen LogP contribution in [-0.4, -0.2) is 23.6 Å². The number of nitrogens with one attached hydrogen (secondary N) is 1. The molecule has 0 saturated carbocycles. The van der Waals surface area contributed by atoms with Crippen LogP contribution in [0.4, 0.5) is 0 Å². The summed E-state index contributed by atoms with van der Waals surface area (Å²) in [4.78, 5) is 0. The molecular formula is C11H21NS. The summed E-state index contributed by atoms with van der Waals surface area (Å²) in [6.07, 6.45) is 5.16. The number of thioether (sulfide) groups is 1. The molecule has 0 aliphatic carbocycles. The summed E-state index contributed by atoms with van der Waals surface area (Å²) in [5, 5.41) is 3.28. The summed E-state index contributed by atoms with van der Waals surface area (Å²) in [7, 11) is 2.02. The van der Waals surface area contributed by atoms with Crippen molar-refractivity contribution in [2.75, 3.05) is 12.8 Å². The van der Waals surface area contributed by atoms with Crippen LogP contribution in [-0.2, 0) is 0 Å². The molecule has 0 aromatic carbocycles. The summed E-state index contributed by atoms with van der Waals surface area (Å²) < 4.78 is 0.412. The predicted octanol–water partition coefficient (Wildman–Crippen LogP) is 2.83. The van der Waals surface area contributed by atoms with E-state index in [1.165, 1.54) is 24.2 Å². The smallest absolute Gasteiger partial charge is 0.0314 e. The fraction of sp³-hybridized carbons (Fsp3) is 0.818. The van der Waals surface area contributed by atoms with E-state index in [0.717, 1.165) is 0 Å². The Labute approximate surface area is 86.4 Å². The Hall–Kier alpha value is 0.0500. The first-order valence-electron chi connectivity index (χ1n) is 5.08. The first kappa shape index (κ1) is 11.1. The first-order chi connectivity index (χ1) is 6.07. The zero-order valence-corrected chi connectivity index (χ0v) is 10.0. The molecule has 1 nitrogen and oxygen atoms in total. The summed E-state index contributed by atoms with van der Waals surface area (Å²) in [5.74, 6) is 1.33. The second-order valence-corrected chi connectivity index (χ2v) is 5.79. The van der Waals surface area contributed by atoms with Crippen LogP contribution >= 0.6 is 11.8 Å². The van der Waals surface area contributed by atoms with Gasteiger partial charge >= 0.3 is 0 Å². The molecule has 0 bridgehead atoms. The highest BCUT2D eigenvalue weighted by Gasteiger charge is 2.27. The molecule has 1 N–H and O–H groups in total. The maximum atomic E-state index is 3.28. The highest BCUT2D eigenvalue weighted by molar-refractivity contribution is 8.01. The Morgan fingerprint density at radius 1 is 1.62 bits per heavy atom. The predicted molar refractivity (Wildman–Crippen MR) is 62.4 cm³/mol. The van der Waals surface area contributed by atoms with Gasteiger partial charge in [0.25, 0.3) is 0 Å². The van der Waals surface area contributed by atoms with Gasteiger partial charge < -0.3 is 5.32 Å². The monoisotopic (exact) mass is 199 g/mol. The molecule has 0 aromatic heterocycles. The van der Waals surface area contributed by atoms with Gasteiger partial charge in [-0.15, -0.1) is 0 Å². The van der Waals surface area contributed by atoms with Crippen LogP contribution in [0, 0.1) is 0 Å². The molecule has 1 rings (SSSR count). The molecule has 76 valence electrons. The molecule has 2 unspecified atom stereocenters. The van der Waals surface area contributed by atoms with Crippen molar-refractivity contribution >= 4 is 11.8 Å². The molecule has 1 fully saturated rings. The third-order valence-electron chi connectivity index (χ3n) is 2.90. The van der Waals surface area contributed by atoms with Gasteiger partial charge in [0.2, 0.25) is 0 Å². The van der Waals surface area contributed by atoms with E-state index in [2.05, 4.69) is 43.9 Å². The minimum atomic E-state index is 0.412. The standard InChI is InChI=1S/C11H21NS/c1-9(10(2)12-4)8-11(3)6-5-7-13-11/h8,10,12H,5-7H2,1-4H3/b9-8+. The van der Waals surface area contributed by atoms with Gasteiger partial charge in [0, 0.05) is 10.8 Å². The third kappa shape index (κ3) is 3.03. The van der Waals surface area contributed by atoms with Gasteiger partial charge in [-0.3, -0.25) is 0 Å². The fourth-order valence-corrected chi connectivity index (χ4v) is 3.06. The molecule has 1 heterocycles. The van der Waals surface area contributed by atoms with Crippen molar-refractivity contribution in [2.24, 2.45) is 0 Å². The Morgan fingerprint density at radius 3 is 2.77 bits per heavy atom. The van der Waals surface area contributed by atoms with E-state index >= 15 is 0 Å². The van der Waals surface area contributed by atoms with Crippen LogP contribution in [0.1, 0.15) is 33.6 Å². The average Bonchev–Trinajstić information content (AvgIpc) is 2.50. The summed E-state index contributed by atoms with van der Waals surface area (Å²) >= 11 is 2.10. The Morgan fingerprint density at radius 2 is 2.31 bits per heavy atom. The van der Waals surface area contributed by atoms with E-state index in [4.69, 9.17) is 0 Å². The fourth-order valence-electron chi connectivity index (χ4n) is 1.75. The molecule has 1 aliphatic heterocycles. The van der Waals surface area contributed by atoms with Gasteiger partial charge in [-0.1, -0.05) is 11.6 Å². The van der Waals surface area contributed by atoms with E-state index in [0.29, 0.717) is 10.8 Å². The van der Waals surface area contributed by atoms with E-state index in [1.807, 2.05) is 7.05 Å². The number of hydrogen-bond donors (Lipinski definition) is 1. The first-order valence-corrected chi connectivity index (χ1v) is 6.06. The minimum absolute atomic E-state index is 0.412. The van der Waals surface area contributed by atoms with Crippen LogP contribution in [0.3, 0.4) is 0 Å². The topological polar surface area (TPSA) is 12.0 Å². The maximum absolute atomic E-state index is 3.28. The highest BCUT2D eigenvalue weighted by atomic mass is 32.2. The minimum Gasteiger partial charge on any atom is -0.314 e. The molecule has 2 atom stereocenters. The Bertz CT molecular complexity index is 192. The Kier molecular flexibility index (Phi) is 3.87. The molecule has 1 aliphatic rings. The number of likely N-dealkylation sites (N-methyl/N-ethyl adjacent to an activating group) is 1. The highest BCUT2D eigenvalue weighted by Crippen LogP contribution is 2.39. The lowest BCUT2D eigenvalue weighted by atomic mass is 9.99. The Balaban J connectivity index is 2.62. The number of hydrogen-bond acceptors (Lipinski definition) is 2. The molecule has 2 heteroatoms. The molecule has 0 aromatic rings. The van der Waals surface area contributed by atoms with Gasteiger partial charge in [0.05, 0.1) is 0 Å². The van der Waals surface area contributed by atoms with E-state index in [9.17, 15) is 0 Å². The van der Waals surface area contributed by atoms with Crippen molar-refractivity contribution in [2.45, 2.75) is 44.4 Å². The summed E-state index contributed by atoms with van der Waals surface area (Å²) in [6, 6.07) is 0.512. The van der Waals surface area contributed by atoms with Gasteiger partial charge in [0.1, 0.15) is 0 Å². The van der Waals surface area contributed by atoms with E-state index in [-0.39, 0.29) is 0 Å². The quantitative estimate of drug-likeness (QED) is 0.702. The van der Waals surface area contributed by atoms with Crippen LogP contribution in [0.25, 0.3) is 0 Å². The van der Waals surface area contributed by atoms with Crippen molar-refractivity contribution < 1.29 is 0 Å². The van der Waals surface area contributed by atoms with Crippen molar-refractivity contribution in [3.05, 3.63) is 11.6 Å². The van der Waals surface area contributed by atoms with Crippen molar-refractivity contribution in [1.82, 2.24) is 5.32 Å². The van der Waals surface area contributed by atoms with Crippen molar-refractivity contribution in [3.63, 3.8) is 0 Å². The zero-order valence-electron chi connectivity index (χ0n) is 9.18. The average molecular weight is 199 g/mol. The van der Waals surface area contributed by atoms with Crippen LogP contribution in [0.15, 0.2) is 11.6 Å². The summed E-state index contributed by atoms with van der Waals surface area (Å²) in [5.41, 5.74) is 1.47. The number of rotatable bonds is 3. The molecule has 1 saturated heterocycles. The van der Waals surface area contributed by atoms with Crippen LogP contribution < -0.4 is 5.32 Å². The lowest BCUT2D eigenvalue weighted by molar-refractivity contribution is 0.665. The lowest BCUT2D eigenvalue weighted by Gasteiger charge is -2.21. The van der Waals surface area contributed by atoms with E-state index < -0.39 is 0 Å². The second-order valence-electron chi connectivity index (χ2n) is 4.16. The zero-order chi connectivity index (χ0) is 9.90. The van der Waals surface area contributed by atoms with Gasteiger partial charge in [0.15, 0.2) is 0 Å². The lowest BCUT2D eigenvalue weighted by Crippen LogP contribution is -2.24. The van der Waals surface area contributed by atoms with E-state index in [1.54, 1.807) is 0 Å². The summed E-state index contributed by atoms with van der Waals surface area (Å²) in [6.45, 7) is 6.80. The molecule has 0 radical (unpaired) electrons. The van der Waals surface area contributed by atoms with Gasteiger partial charge in [-0.05, 0) is 46.4 Å². The largest absolute Gasteiger partial charge is 0.314 e. The van der Waals surface area contributed by atoms with Crippen molar-refractivity contribution in [3.8, 4) is 0 Å². The molecular weight excluding hydrogens is 178 g/mol.